The Bertz CT molecular complexity index is 645. The van der Waals surface area contributed by atoms with E-state index in [1.807, 2.05) is 24.4 Å². The summed E-state index contributed by atoms with van der Waals surface area (Å²) in [4.78, 5) is 10.2. The first-order chi connectivity index (χ1) is 11.2. The third-order valence-electron chi connectivity index (χ3n) is 3.25. The molecule has 24 heavy (non-hydrogen) atoms. The van der Waals surface area contributed by atoms with Gasteiger partial charge in [-0.05, 0) is 31.9 Å². The van der Waals surface area contributed by atoms with Gasteiger partial charge in [-0.15, -0.1) is 35.3 Å². The van der Waals surface area contributed by atoms with Crippen LogP contribution in [0.15, 0.2) is 35.5 Å². The van der Waals surface area contributed by atoms with Crippen molar-refractivity contribution in [2.75, 3.05) is 19.6 Å². The van der Waals surface area contributed by atoms with Crippen molar-refractivity contribution in [3.8, 4) is 0 Å². The number of nitrogens with zero attached hydrogens (tertiary/aromatic N) is 2. The molecule has 132 valence electrons. The molecule has 0 bridgehead atoms. The maximum Gasteiger partial charge on any atom is 0.191 e. The smallest absolute Gasteiger partial charge is 0.191 e. The van der Waals surface area contributed by atoms with Gasteiger partial charge in [0.25, 0.3) is 0 Å². The molecule has 0 fully saturated rings. The van der Waals surface area contributed by atoms with Crippen molar-refractivity contribution >= 4 is 52.9 Å². The summed E-state index contributed by atoms with van der Waals surface area (Å²) in [5.74, 6) is 0.841. The van der Waals surface area contributed by atoms with Crippen molar-refractivity contribution in [3.63, 3.8) is 0 Å². The number of rotatable bonds is 7. The Balaban J connectivity index is 0.00000288. The van der Waals surface area contributed by atoms with Crippen LogP contribution in [0.5, 0.6) is 0 Å². The lowest BCUT2D eigenvalue weighted by Crippen LogP contribution is -2.38. The fourth-order valence-corrected chi connectivity index (χ4v) is 3.14. The fraction of sp³-hybridized carbons (Fsp3) is 0.412. The summed E-state index contributed by atoms with van der Waals surface area (Å²) in [6.07, 6.45) is 3.66. The first-order valence-corrected chi connectivity index (χ1v) is 9.05. The van der Waals surface area contributed by atoms with E-state index in [-0.39, 0.29) is 24.0 Å². The Morgan fingerprint density at radius 3 is 2.71 bits per heavy atom. The molecule has 0 atom stereocenters. The fourth-order valence-electron chi connectivity index (χ4n) is 2.14. The number of nitrogens with one attached hydrogen (secondary N) is 2. The number of aliphatic imine (C=N–C) groups is 1. The zero-order chi connectivity index (χ0) is 16.5. The molecule has 0 aliphatic rings. The predicted octanol–water partition coefficient (Wildman–Crippen LogP) is 4.06. The number of guanidine groups is 1. The standard InChI is InChI=1S/C17H23ClN4S.HI/c1-3-19-17(21-11-9-16-22-12-13(2)23-16)20-10-8-14-6-4-5-7-15(14)18;/h4-7,12H,3,8-11H2,1-2H3,(H2,19,20,21);1H. The van der Waals surface area contributed by atoms with E-state index in [1.165, 1.54) is 4.88 Å². The lowest BCUT2D eigenvalue weighted by atomic mass is 10.1. The molecule has 4 nitrogen and oxygen atoms in total. The molecule has 0 unspecified atom stereocenters. The summed E-state index contributed by atoms with van der Waals surface area (Å²) in [7, 11) is 0. The van der Waals surface area contributed by atoms with E-state index < -0.39 is 0 Å². The van der Waals surface area contributed by atoms with Crippen LogP contribution in [0.4, 0.5) is 0 Å². The second kappa shape index (κ2) is 11.7. The van der Waals surface area contributed by atoms with Gasteiger partial charge in [0, 0.05) is 42.2 Å². The number of thiazole rings is 1. The monoisotopic (exact) mass is 478 g/mol. The maximum absolute atomic E-state index is 6.17. The topological polar surface area (TPSA) is 49.3 Å². The van der Waals surface area contributed by atoms with Gasteiger partial charge in [-0.3, -0.25) is 4.99 Å². The van der Waals surface area contributed by atoms with Crippen LogP contribution < -0.4 is 10.6 Å². The third-order valence-corrected chi connectivity index (χ3v) is 4.59. The lowest BCUT2D eigenvalue weighted by molar-refractivity contribution is 0.796. The summed E-state index contributed by atoms with van der Waals surface area (Å²) in [5.41, 5.74) is 1.15. The maximum atomic E-state index is 6.17. The average Bonchev–Trinajstić information content (AvgIpc) is 2.94. The number of benzene rings is 1. The third kappa shape index (κ3) is 7.36. The summed E-state index contributed by atoms with van der Waals surface area (Å²) >= 11 is 7.91. The molecule has 2 rings (SSSR count). The summed E-state index contributed by atoms with van der Waals surface area (Å²) in [5, 5.41) is 8.57. The second-order valence-corrected chi connectivity index (χ2v) is 6.87. The Hall–Kier alpha value is -0.860. The van der Waals surface area contributed by atoms with Crippen LogP contribution in [0, 0.1) is 6.92 Å². The van der Waals surface area contributed by atoms with Crippen LogP contribution in [0.2, 0.25) is 5.02 Å². The van der Waals surface area contributed by atoms with Gasteiger partial charge in [0.1, 0.15) is 0 Å². The number of halogens is 2. The van der Waals surface area contributed by atoms with Crippen molar-refractivity contribution in [2.24, 2.45) is 4.99 Å². The first kappa shape index (κ1) is 21.2. The van der Waals surface area contributed by atoms with Gasteiger partial charge < -0.3 is 10.6 Å². The zero-order valence-electron chi connectivity index (χ0n) is 14.0. The molecule has 7 heteroatoms. The van der Waals surface area contributed by atoms with Crippen molar-refractivity contribution in [3.05, 3.63) is 50.9 Å². The number of aryl methyl sites for hydroxylation is 1. The predicted molar refractivity (Wildman–Crippen MR) is 115 cm³/mol. The van der Waals surface area contributed by atoms with E-state index in [9.17, 15) is 0 Å². The van der Waals surface area contributed by atoms with Crippen molar-refractivity contribution in [2.45, 2.75) is 26.7 Å². The number of hydrogen-bond donors (Lipinski definition) is 2. The molecular weight excluding hydrogens is 455 g/mol. The minimum atomic E-state index is 0. The minimum absolute atomic E-state index is 0. The number of hydrogen-bond acceptors (Lipinski definition) is 3. The van der Waals surface area contributed by atoms with Gasteiger partial charge >= 0.3 is 0 Å². The molecule has 0 aliphatic carbocycles. The molecule has 0 saturated heterocycles. The molecule has 0 aliphatic heterocycles. The van der Waals surface area contributed by atoms with Crippen LogP contribution in [0.3, 0.4) is 0 Å². The van der Waals surface area contributed by atoms with Gasteiger partial charge in [-0.2, -0.15) is 0 Å². The Morgan fingerprint density at radius 1 is 1.25 bits per heavy atom. The van der Waals surface area contributed by atoms with Gasteiger partial charge in [-0.25, -0.2) is 4.98 Å². The Morgan fingerprint density at radius 2 is 2.04 bits per heavy atom. The summed E-state index contributed by atoms with van der Waals surface area (Å²) < 4.78 is 0. The van der Waals surface area contributed by atoms with Gasteiger partial charge in [-0.1, -0.05) is 29.8 Å². The SMILES string of the molecule is CCNC(=NCCc1ncc(C)s1)NCCc1ccccc1Cl.I. The van der Waals surface area contributed by atoms with Crippen LogP contribution in [-0.2, 0) is 12.8 Å². The summed E-state index contributed by atoms with van der Waals surface area (Å²) in [6, 6.07) is 7.94. The number of aromatic nitrogens is 1. The van der Waals surface area contributed by atoms with Gasteiger partial charge in [0.05, 0.1) is 5.01 Å². The molecule has 1 aromatic carbocycles. The Kier molecular flexibility index (Phi) is 10.3. The average molecular weight is 479 g/mol. The van der Waals surface area contributed by atoms with Crippen LogP contribution in [0.1, 0.15) is 22.4 Å². The molecule has 1 aromatic heterocycles. The first-order valence-electron chi connectivity index (χ1n) is 7.86. The highest BCUT2D eigenvalue weighted by atomic mass is 127. The minimum Gasteiger partial charge on any atom is -0.357 e. The van der Waals surface area contributed by atoms with Crippen molar-refractivity contribution in [1.29, 1.82) is 0 Å². The normalized spacial score (nSPS) is 11.0. The molecule has 2 aromatic rings. The van der Waals surface area contributed by atoms with Gasteiger partial charge in [0.2, 0.25) is 0 Å². The van der Waals surface area contributed by atoms with E-state index >= 15 is 0 Å². The van der Waals surface area contributed by atoms with Gasteiger partial charge in [0.15, 0.2) is 5.96 Å². The largest absolute Gasteiger partial charge is 0.357 e. The molecule has 0 radical (unpaired) electrons. The quantitative estimate of drug-likeness (QED) is 0.358. The van der Waals surface area contributed by atoms with E-state index in [0.717, 1.165) is 54.0 Å². The Labute approximate surface area is 170 Å². The molecular formula is C17H24ClIN4S. The van der Waals surface area contributed by atoms with Crippen molar-refractivity contribution < 1.29 is 0 Å². The van der Waals surface area contributed by atoms with Crippen LogP contribution >= 0.6 is 46.9 Å². The lowest BCUT2D eigenvalue weighted by Gasteiger charge is -2.11. The summed E-state index contributed by atoms with van der Waals surface area (Å²) in [6.45, 7) is 6.51. The zero-order valence-corrected chi connectivity index (χ0v) is 17.9. The van der Waals surface area contributed by atoms with Crippen molar-refractivity contribution in [1.82, 2.24) is 15.6 Å². The molecule has 2 N–H and O–H groups in total. The van der Waals surface area contributed by atoms with E-state index in [0.29, 0.717) is 0 Å². The molecule has 0 spiro atoms. The van der Waals surface area contributed by atoms with Crippen LogP contribution in [0.25, 0.3) is 0 Å². The van der Waals surface area contributed by atoms with E-state index in [1.54, 1.807) is 11.3 Å². The second-order valence-electron chi connectivity index (χ2n) is 5.14. The van der Waals surface area contributed by atoms with E-state index in [4.69, 9.17) is 11.6 Å². The molecule has 0 saturated carbocycles. The molecule has 1 heterocycles. The molecule has 0 amide bonds. The van der Waals surface area contributed by atoms with Crippen LogP contribution in [-0.4, -0.2) is 30.6 Å². The highest BCUT2D eigenvalue weighted by Gasteiger charge is 2.02. The highest BCUT2D eigenvalue weighted by molar-refractivity contribution is 14.0. The highest BCUT2D eigenvalue weighted by Crippen LogP contribution is 2.14. The van der Waals surface area contributed by atoms with E-state index in [2.05, 4.69) is 40.5 Å².